The van der Waals surface area contributed by atoms with Crippen molar-refractivity contribution >= 4 is 44.9 Å². The summed E-state index contributed by atoms with van der Waals surface area (Å²) < 4.78 is 35.6. The van der Waals surface area contributed by atoms with Crippen LogP contribution in [0.3, 0.4) is 0 Å². The van der Waals surface area contributed by atoms with E-state index in [0.717, 1.165) is 37.0 Å². The van der Waals surface area contributed by atoms with E-state index < -0.39 is 10.0 Å². The van der Waals surface area contributed by atoms with Gasteiger partial charge in [0.2, 0.25) is 10.0 Å². The first kappa shape index (κ1) is 26.6. The number of nitrogens with zero attached hydrogens (tertiary/aromatic N) is 2. The van der Waals surface area contributed by atoms with E-state index in [1.54, 1.807) is 30.3 Å². The third-order valence-electron chi connectivity index (χ3n) is 7.77. The molecule has 0 radical (unpaired) electrons. The molecule has 39 heavy (non-hydrogen) atoms. The SMILES string of the molecule is NS(=O)(=O)c1cccc(NC(=O)N2C3CC[C@H]2CC(OCc2c(-c4c(Cl)cccc4Cl)noc2C2CC2)C3)c1. The Hall–Kier alpha value is -2.63. The van der Waals surface area contributed by atoms with Crippen molar-refractivity contribution in [2.24, 2.45) is 5.14 Å². The summed E-state index contributed by atoms with van der Waals surface area (Å²) in [4.78, 5) is 15.0. The minimum atomic E-state index is -3.87. The zero-order chi connectivity index (χ0) is 27.3. The summed E-state index contributed by atoms with van der Waals surface area (Å²) in [5.74, 6) is 1.17. The van der Waals surface area contributed by atoms with Crippen LogP contribution in [0.5, 0.6) is 0 Å². The van der Waals surface area contributed by atoms with E-state index in [1.165, 1.54) is 12.1 Å². The van der Waals surface area contributed by atoms with Crippen molar-refractivity contribution in [2.45, 2.75) is 74.1 Å². The van der Waals surface area contributed by atoms with E-state index in [2.05, 4.69) is 10.5 Å². The number of primary sulfonamides is 1. The van der Waals surface area contributed by atoms with Gasteiger partial charge < -0.3 is 19.5 Å². The molecular weight excluding hydrogens is 563 g/mol. The van der Waals surface area contributed by atoms with Gasteiger partial charge >= 0.3 is 6.03 Å². The highest BCUT2D eigenvalue weighted by atomic mass is 35.5. The second-order valence-corrected chi connectivity index (χ2v) is 12.8. The molecule has 206 valence electrons. The Balaban J connectivity index is 1.14. The van der Waals surface area contributed by atoms with Crippen LogP contribution in [0.1, 0.15) is 55.8 Å². The lowest BCUT2D eigenvalue weighted by Gasteiger charge is -2.38. The van der Waals surface area contributed by atoms with Crippen LogP contribution in [0, 0.1) is 0 Å². The second-order valence-electron chi connectivity index (χ2n) is 10.4. The van der Waals surface area contributed by atoms with Crippen LogP contribution in [0.25, 0.3) is 11.3 Å². The highest BCUT2D eigenvalue weighted by molar-refractivity contribution is 7.89. The first-order valence-corrected chi connectivity index (χ1v) is 15.3. The number of ether oxygens (including phenoxy) is 1. The number of urea groups is 1. The first-order chi connectivity index (χ1) is 18.7. The lowest BCUT2D eigenvalue weighted by Crippen LogP contribution is -2.50. The molecule has 2 aliphatic heterocycles. The highest BCUT2D eigenvalue weighted by Gasteiger charge is 2.44. The largest absolute Gasteiger partial charge is 0.373 e. The maximum Gasteiger partial charge on any atom is 0.322 e. The van der Waals surface area contributed by atoms with Gasteiger partial charge in [-0.05, 0) is 68.9 Å². The van der Waals surface area contributed by atoms with Gasteiger partial charge in [0.1, 0.15) is 11.5 Å². The van der Waals surface area contributed by atoms with E-state index in [9.17, 15) is 13.2 Å². The van der Waals surface area contributed by atoms with E-state index >= 15 is 0 Å². The Kier molecular flexibility index (Phi) is 7.09. The molecule has 3 aromatic rings. The lowest BCUT2D eigenvalue weighted by atomic mass is 9.99. The minimum Gasteiger partial charge on any atom is -0.373 e. The van der Waals surface area contributed by atoms with Crippen molar-refractivity contribution < 1.29 is 22.5 Å². The van der Waals surface area contributed by atoms with Gasteiger partial charge in [-0.2, -0.15) is 0 Å². The second kappa shape index (κ2) is 10.4. The average molecular weight is 592 g/mol. The van der Waals surface area contributed by atoms with Crippen molar-refractivity contribution in [3.63, 3.8) is 0 Å². The molecule has 0 spiro atoms. The van der Waals surface area contributed by atoms with Gasteiger partial charge in [0, 0.05) is 34.8 Å². The summed E-state index contributed by atoms with van der Waals surface area (Å²) in [6, 6.07) is 11.1. The number of benzene rings is 2. The number of hydrogen-bond acceptors (Lipinski definition) is 6. The van der Waals surface area contributed by atoms with Crippen molar-refractivity contribution in [3.8, 4) is 11.3 Å². The van der Waals surface area contributed by atoms with Gasteiger partial charge in [0.05, 0.1) is 27.7 Å². The van der Waals surface area contributed by atoms with Gasteiger partial charge in [-0.1, -0.05) is 40.5 Å². The number of piperidine rings is 1. The zero-order valence-electron chi connectivity index (χ0n) is 21.0. The van der Waals surface area contributed by atoms with Crippen LogP contribution < -0.4 is 10.5 Å². The number of nitrogens with one attached hydrogen (secondary N) is 1. The smallest absolute Gasteiger partial charge is 0.322 e. The van der Waals surface area contributed by atoms with Crippen LogP contribution in [-0.2, 0) is 21.4 Å². The molecule has 2 bridgehead atoms. The quantitative estimate of drug-likeness (QED) is 0.351. The van der Waals surface area contributed by atoms with E-state index in [-0.39, 0.29) is 29.1 Å². The maximum atomic E-state index is 13.2. The van der Waals surface area contributed by atoms with Crippen molar-refractivity contribution in [2.75, 3.05) is 5.32 Å². The monoisotopic (exact) mass is 590 g/mol. The number of amides is 2. The number of hydrogen-bond donors (Lipinski definition) is 2. The summed E-state index contributed by atoms with van der Waals surface area (Å²) in [5, 5.41) is 13.4. The molecule has 2 aromatic carbocycles. The molecule has 1 aromatic heterocycles. The van der Waals surface area contributed by atoms with Crippen LogP contribution in [0.15, 0.2) is 51.9 Å². The number of anilines is 1. The fraction of sp³-hybridized carbons (Fsp3) is 0.407. The number of carbonyl (C=O) groups excluding carboxylic acids is 1. The molecular formula is C27H28Cl2N4O5S. The molecule has 6 rings (SSSR count). The summed E-state index contributed by atoms with van der Waals surface area (Å²) in [7, 11) is -3.87. The number of rotatable bonds is 7. The summed E-state index contributed by atoms with van der Waals surface area (Å²) in [5.41, 5.74) is 2.53. The van der Waals surface area contributed by atoms with Gasteiger partial charge in [-0.3, -0.25) is 0 Å². The molecule has 3 N–H and O–H groups in total. The van der Waals surface area contributed by atoms with Crippen LogP contribution >= 0.6 is 23.2 Å². The van der Waals surface area contributed by atoms with Gasteiger partial charge in [-0.25, -0.2) is 18.4 Å². The molecule has 3 aliphatic rings. The number of sulfonamides is 1. The van der Waals surface area contributed by atoms with Crippen LogP contribution in [0.2, 0.25) is 10.0 Å². The Morgan fingerprint density at radius 1 is 1.08 bits per heavy atom. The zero-order valence-corrected chi connectivity index (χ0v) is 23.3. The summed E-state index contributed by atoms with van der Waals surface area (Å²) in [6.07, 6.45) is 5.24. The fourth-order valence-electron chi connectivity index (χ4n) is 5.78. The normalized spacial score (nSPS) is 22.7. The number of halogens is 2. The van der Waals surface area contributed by atoms with Gasteiger partial charge in [-0.15, -0.1) is 0 Å². The average Bonchev–Trinajstić information content (AvgIpc) is 3.59. The van der Waals surface area contributed by atoms with E-state index in [1.807, 2.05) is 4.90 Å². The molecule has 3 fully saturated rings. The number of aromatic nitrogens is 1. The van der Waals surface area contributed by atoms with Gasteiger partial charge in [0.15, 0.2) is 0 Å². The first-order valence-electron chi connectivity index (χ1n) is 13.0. The van der Waals surface area contributed by atoms with Crippen molar-refractivity contribution in [1.82, 2.24) is 10.1 Å². The van der Waals surface area contributed by atoms with E-state index in [0.29, 0.717) is 52.4 Å². The number of nitrogens with two attached hydrogens (primary N) is 1. The summed E-state index contributed by atoms with van der Waals surface area (Å²) >= 11 is 13.0. The Labute approximate surface area is 236 Å². The molecule has 1 saturated carbocycles. The lowest BCUT2D eigenvalue weighted by molar-refractivity contribution is -0.0158. The molecule has 3 heterocycles. The molecule has 9 nitrogen and oxygen atoms in total. The molecule has 3 atom stereocenters. The fourth-order valence-corrected chi connectivity index (χ4v) is 6.92. The molecule has 2 amide bonds. The summed E-state index contributed by atoms with van der Waals surface area (Å²) in [6.45, 7) is 0.322. The third kappa shape index (κ3) is 5.40. The Morgan fingerprint density at radius 3 is 2.38 bits per heavy atom. The number of fused-ring (bicyclic) bond motifs is 2. The standard InChI is InChI=1S/C27H28Cl2N4O5S/c28-22-5-2-6-23(29)24(22)25-21(26(38-32-25)15-7-8-15)14-37-19-12-17-9-10-18(13-19)33(17)27(34)31-16-3-1-4-20(11-16)39(30,35)36/h1-6,11,15,17-19H,7-10,12-14H2,(H,31,34)(H2,30,35,36)/t17-,18?,19?/m0/s1. The van der Waals surface area contributed by atoms with Crippen LogP contribution in [0.4, 0.5) is 10.5 Å². The molecule has 2 unspecified atom stereocenters. The molecule has 2 saturated heterocycles. The van der Waals surface area contributed by atoms with Gasteiger partial charge in [0.25, 0.3) is 0 Å². The third-order valence-corrected chi connectivity index (χ3v) is 9.31. The van der Waals surface area contributed by atoms with Crippen molar-refractivity contribution in [1.29, 1.82) is 0 Å². The highest BCUT2D eigenvalue weighted by Crippen LogP contribution is 2.46. The molecule has 12 heteroatoms. The van der Waals surface area contributed by atoms with Crippen LogP contribution in [-0.4, -0.2) is 42.7 Å². The maximum absolute atomic E-state index is 13.2. The Bertz CT molecular complexity index is 1490. The minimum absolute atomic E-state index is 0.0260. The van der Waals surface area contributed by atoms with E-state index in [4.69, 9.17) is 37.6 Å². The predicted molar refractivity (Wildman–Crippen MR) is 147 cm³/mol. The topological polar surface area (TPSA) is 128 Å². The predicted octanol–water partition coefficient (Wildman–Crippen LogP) is 5.92. The van der Waals surface area contributed by atoms with Crippen molar-refractivity contribution in [3.05, 3.63) is 63.8 Å². The number of carbonyl (C=O) groups is 1. The Morgan fingerprint density at radius 2 is 1.74 bits per heavy atom. The molecule has 1 aliphatic carbocycles.